The Balaban J connectivity index is 2.06. The number of hydrogen-bond acceptors (Lipinski definition) is 5. The Morgan fingerprint density at radius 1 is 1.21 bits per heavy atom. The number of aldehydes is 1. The molecule has 2 heterocycles. The van der Waals surface area contributed by atoms with Gasteiger partial charge in [0.2, 0.25) is 0 Å². The number of fused-ring (bicyclic) bond motifs is 1. The van der Waals surface area contributed by atoms with Crippen LogP contribution in [0.25, 0.3) is 11.3 Å². The van der Waals surface area contributed by atoms with Gasteiger partial charge in [0, 0.05) is 12.0 Å². The maximum atomic E-state index is 11.1. The zero-order valence-electron chi connectivity index (χ0n) is 10.5. The fourth-order valence-corrected chi connectivity index (χ4v) is 2.03. The molecule has 2 aromatic rings. The Morgan fingerprint density at radius 2 is 2.00 bits per heavy atom. The van der Waals surface area contributed by atoms with Crippen LogP contribution in [0, 0.1) is 6.92 Å². The van der Waals surface area contributed by atoms with Gasteiger partial charge in [0.15, 0.2) is 23.5 Å². The smallest absolute Gasteiger partial charge is 0.177 e. The molecule has 5 nitrogen and oxygen atoms in total. The van der Waals surface area contributed by atoms with E-state index < -0.39 is 0 Å². The first-order valence-corrected chi connectivity index (χ1v) is 6.11. The summed E-state index contributed by atoms with van der Waals surface area (Å²) in [6, 6.07) is 5.47. The molecule has 0 amide bonds. The third-order valence-corrected chi connectivity index (χ3v) is 3.04. The highest BCUT2D eigenvalue weighted by molar-refractivity contribution is 5.86. The van der Waals surface area contributed by atoms with Gasteiger partial charge in [0.1, 0.15) is 0 Å². The third kappa shape index (κ3) is 2.07. The second-order valence-electron chi connectivity index (χ2n) is 4.34. The molecule has 0 radical (unpaired) electrons. The number of aromatic nitrogens is 1. The molecule has 0 aliphatic carbocycles. The zero-order chi connectivity index (χ0) is 13.2. The van der Waals surface area contributed by atoms with Crippen LogP contribution in [-0.2, 0) is 0 Å². The van der Waals surface area contributed by atoms with Crippen LogP contribution in [0.1, 0.15) is 22.5 Å². The lowest BCUT2D eigenvalue weighted by molar-refractivity contribution is 0.112. The Bertz CT molecular complexity index is 618. The fraction of sp³-hybridized carbons (Fsp3) is 0.286. The Labute approximate surface area is 110 Å². The van der Waals surface area contributed by atoms with E-state index in [1.165, 1.54) is 0 Å². The molecular formula is C14H13NO4. The first-order valence-electron chi connectivity index (χ1n) is 6.11. The Kier molecular flexibility index (Phi) is 2.95. The maximum absolute atomic E-state index is 11.1. The van der Waals surface area contributed by atoms with Gasteiger partial charge in [-0.1, -0.05) is 5.16 Å². The summed E-state index contributed by atoms with van der Waals surface area (Å²) >= 11 is 0. The number of hydrogen-bond donors (Lipinski definition) is 0. The van der Waals surface area contributed by atoms with Crippen molar-refractivity contribution in [2.24, 2.45) is 0 Å². The summed E-state index contributed by atoms with van der Waals surface area (Å²) in [5.74, 6) is 1.84. The van der Waals surface area contributed by atoms with Crippen LogP contribution in [0.15, 0.2) is 22.7 Å². The summed E-state index contributed by atoms with van der Waals surface area (Å²) in [6.45, 7) is 3.00. The minimum atomic E-state index is 0.461. The van der Waals surface area contributed by atoms with Crippen molar-refractivity contribution >= 4 is 6.29 Å². The van der Waals surface area contributed by atoms with Gasteiger partial charge in [0.05, 0.1) is 24.5 Å². The van der Waals surface area contributed by atoms with E-state index in [1.54, 1.807) is 6.92 Å². The standard InChI is InChI=1S/C14H13NO4/c1-9-11(8-16)14(19-15-9)10-3-4-12-13(7-10)18-6-2-5-17-12/h3-4,7-8H,2,5-6H2,1H3. The minimum absolute atomic E-state index is 0.461. The van der Waals surface area contributed by atoms with Crippen LogP contribution >= 0.6 is 0 Å². The fourth-order valence-electron chi connectivity index (χ4n) is 2.03. The zero-order valence-corrected chi connectivity index (χ0v) is 10.5. The molecule has 3 rings (SSSR count). The van der Waals surface area contributed by atoms with E-state index in [4.69, 9.17) is 14.0 Å². The SMILES string of the molecule is Cc1noc(-c2ccc3c(c2)OCCCO3)c1C=O. The molecule has 0 saturated carbocycles. The van der Waals surface area contributed by atoms with Gasteiger partial charge in [0.25, 0.3) is 0 Å². The molecule has 5 heteroatoms. The van der Waals surface area contributed by atoms with Gasteiger partial charge in [-0.15, -0.1) is 0 Å². The third-order valence-electron chi connectivity index (χ3n) is 3.04. The Hall–Kier alpha value is -2.30. The highest BCUT2D eigenvalue weighted by Gasteiger charge is 2.17. The number of ether oxygens (including phenoxy) is 2. The predicted octanol–water partition coefficient (Wildman–Crippen LogP) is 2.62. The van der Waals surface area contributed by atoms with Crippen molar-refractivity contribution in [1.82, 2.24) is 5.16 Å². The van der Waals surface area contributed by atoms with Crippen molar-refractivity contribution in [2.75, 3.05) is 13.2 Å². The van der Waals surface area contributed by atoms with Crippen molar-refractivity contribution < 1.29 is 18.8 Å². The van der Waals surface area contributed by atoms with Crippen LogP contribution in [0.3, 0.4) is 0 Å². The molecule has 0 bridgehead atoms. The predicted molar refractivity (Wildman–Crippen MR) is 67.7 cm³/mol. The monoisotopic (exact) mass is 259 g/mol. The molecule has 1 aromatic carbocycles. The van der Waals surface area contributed by atoms with Gasteiger partial charge in [-0.3, -0.25) is 4.79 Å². The van der Waals surface area contributed by atoms with Crippen molar-refractivity contribution in [3.8, 4) is 22.8 Å². The topological polar surface area (TPSA) is 61.6 Å². The van der Waals surface area contributed by atoms with E-state index in [2.05, 4.69) is 5.16 Å². The van der Waals surface area contributed by atoms with Gasteiger partial charge in [-0.2, -0.15) is 0 Å². The lowest BCUT2D eigenvalue weighted by Gasteiger charge is -2.08. The summed E-state index contributed by atoms with van der Waals surface area (Å²) in [4.78, 5) is 11.1. The highest BCUT2D eigenvalue weighted by Crippen LogP contribution is 2.35. The van der Waals surface area contributed by atoms with Crippen LogP contribution < -0.4 is 9.47 Å². The summed E-state index contributed by atoms with van der Waals surface area (Å²) in [5, 5.41) is 3.82. The van der Waals surface area contributed by atoms with Gasteiger partial charge < -0.3 is 14.0 Å². The number of carbonyl (C=O) groups is 1. The molecule has 0 fully saturated rings. The van der Waals surface area contributed by atoms with Gasteiger partial charge in [-0.25, -0.2) is 0 Å². The normalized spacial score (nSPS) is 13.9. The second kappa shape index (κ2) is 4.76. The number of carbonyl (C=O) groups excluding carboxylic acids is 1. The lowest BCUT2D eigenvalue weighted by atomic mass is 10.1. The Morgan fingerprint density at radius 3 is 2.79 bits per heavy atom. The molecule has 0 saturated heterocycles. The summed E-state index contributed by atoms with van der Waals surface area (Å²) in [5.41, 5.74) is 1.80. The van der Waals surface area contributed by atoms with E-state index in [0.717, 1.165) is 18.3 Å². The average Bonchev–Trinajstić information content (AvgIpc) is 2.66. The van der Waals surface area contributed by atoms with E-state index >= 15 is 0 Å². The molecule has 98 valence electrons. The largest absolute Gasteiger partial charge is 0.490 e. The van der Waals surface area contributed by atoms with Crippen molar-refractivity contribution in [2.45, 2.75) is 13.3 Å². The summed E-state index contributed by atoms with van der Waals surface area (Å²) in [7, 11) is 0. The van der Waals surface area contributed by atoms with Crippen LogP contribution in [0.5, 0.6) is 11.5 Å². The van der Waals surface area contributed by atoms with Gasteiger partial charge >= 0.3 is 0 Å². The lowest BCUT2D eigenvalue weighted by Crippen LogP contribution is -1.97. The molecular weight excluding hydrogens is 246 g/mol. The quantitative estimate of drug-likeness (QED) is 0.776. The van der Waals surface area contributed by atoms with Crippen LogP contribution in [-0.4, -0.2) is 24.7 Å². The summed E-state index contributed by atoms with van der Waals surface area (Å²) in [6.07, 6.45) is 1.61. The van der Waals surface area contributed by atoms with Crippen LogP contribution in [0.2, 0.25) is 0 Å². The highest BCUT2D eigenvalue weighted by atomic mass is 16.5. The van der Waals surface area contributed by atoms with Crippen molar-refractivity contribution in [1.29, 1.82) is 0 Å². The van der Waals surface area contributed by atoms with E-state index in [1.807, 2.05) is 18.2 Å². The summed E-state index contributed by atoms with van der Waals surface area (Å²) < 4.78 is 16.4. The van der Waals surface area contributed by atoms with E-state index in [0.29, 0.717) is 41.7 Å². The minimum Gasteiger partial charge on any atom is -0.490 e. The first-order chi connectivity index (χ1) is 9.29. The molecule has 0 atom stereocenters. The number of rotatable bonds is 2. The molecule has 0 N–H and O–H groups in total. The molecule has 19 heavy (non-hydrogen) atoms. The second-order valence-corrected chi connectivity index (χ2v) is 4.34. The maximum Gasteiger partial charge on any atom is 0.177 e. The first kappa shape index (κ1) is 11.8. The van der Waals surface area contributed by atoms with E-state index in [-0.39, 0.29) is 0 Å². The molecule has 0 spiro atoms. The van der Waals surface area contributed by atoms with Gasteiger partial charge in [-0.05, 0) is 25.1 Å². The average molecular weight is 259 g/mol. The number of nitrogens with zero attached hydrogens (tertiary/aromatic N) is 1. The molecule has 1 aliphatic heterocycles. The molecule has 1 aromatic heterocycles. The van der Waals surface area contributed by atoms with Crippen molar-refractivity contribution in [3.63, 3.8) is 0 Å². The number of benzene rings is 1. The number of aryl methyl sites for hydroxylation is 1. The van der Waals surface area contributed by atoms with E-state index in [9.17, 15) is 4.79 Å². The van der Waals surface area contributed by atoms with Crippen molar-refractivity contribution in [3.05, 3.63) is 29.5 Å². The molecule has 0 unspecified atom stereocenters. The van der Waals surface area contributed by atoms with Crippen LogP contribution in [0.4, 0.5) is 0 Å². The molecule has 1 aliphatic rings.